The Bertz CT molecular complexity index is 650. The number of carbonyl (C=O) groups excluding carboxylic acids is 1. The fourth-order valence-electron chi connectivity index (χ4n) is 1.47. The number of halogens is 2. The van der Waals surface area contributed by atoms with E-state index in [-0.39, 0.29) is 16.1 Å². The topological polar surface area (TPSA) is 65.2 Å². The van der Waals surface area contributed by atoms with E-state index in [0.717, 1.165) is 17.8 Å². The summed E-state index contributed by atoms with van der Waals surface area (Å²) in [5.41, 5.74) is 5.74. The van der Waals surface area contributed by atoms with Crippen molar-refractivity contribution in [2.24, 2.45) is 0 Å². The van der Waals surface area contributed by atoms with Crippen LogP contribution < -0.4 is 5.73 Å². The van der Waals surface area contributed by atoms with Gasteiger partial charge in [0.1, 0.15) is 10.8 Å². The van der Waals surface area contributed by atoms with Gasteiger partial charge in [0, 0.05) is 11.9 Å². The lowest BCUT2D eigenvalue weighted by Gasteiger charge is -2.08. The van der Waals surface area contributed by atoms with Crippen molar-refractivity contribution in [3.63, 3.8) is 0 Å². The van der Waals surface area contributed by atoms with Crippen LogP contribution in [0.15, 0.2) is 40.4 Å². The first-order chi connectivity index (χ1) is 9.51. The van der Waals surface area contributed by atoms with Gasteiger partial charge < -0.3 is 10.5 Å². The third-order valence-corrected chi connectivity index (χ3v) is 3.63. The molecule has 0 unspecified atom stereocenters. The van der Waals surface area contributed by atoms with Crippen molar-refractivity contribution in [3.8, 4) is 0 Å². The van der Waals surface area contributed by atoms with E-state index in [9.17, 15) is 9.18 Å². The Balaban J connectivity index is 2.36. The van der Waals surface area contributed by atoms with Gasteiger partial charge in [0.2, 0.25) is 0 Å². The van der Waals surface area contributed by atoms with Gasteiger partial charge in [-0.05, 0) is 24.3 Å². The molecule has 2 aromatic rings. The van der Waals surface area contributed by atoms with Crippen LogP contribution in [-0.4, -0.2) is 18.1 Å². The number of aromatic nitrogens is 1. The molecule has 0 aliphatic rings. The zero-order valence-electron chi connectivity index (χ0n) is 10.4. The molecular weight excluding hydrogens is 303 g/mol. The maximum Gasteiger partial charge on any atom is 0.339 e. The second-order valence-electron chi connectivity index (χ2n) is 3.78. The van der Waals surface area contributed by atoms with Crippen LogP contribution in [-0.2, 0) is 4.74 Å². The molecule has 0 bridgehead atoms. The lowest BCUT2D eigenvalue weighted by atomic mass is 10.2. The first-order valence-electron chi connectivity index (χ1n) is 5.48. The van der Waals surface area contributed by atoms with Gasteiger partial charge in [-0.15, -0.1) is 0 Å². The summed E-state index contributed by atoms with van der Waals surface area (Å²) in [6.45, 7) is 0. The van der Waals surface area contributed by atoms with Crippen molar-refractivity contribution in [3.05, 3.63) is 46.9 Å². The first-order valence-corrected chi connectivity index (χ1v) is 6.67. The molecule has 20 heavy (non-hydrogen) atoms. The highest BCUT2D eigenvalue weighted by Gasteiger charge is 2.15. The molecule has 2 rings (SSSR count). The minimum atomic E-state index is -0.617. The monoisotopic (exact) mass is 312 g/mol. The van der Waals surface area contributed by atoms with E-state index < -0.39 is 11.8 Å². The lowest BCUT2D eigenvalue weighted by molar-refractivity contribution is 0.0601. The highest BCUT2D eigenvalue weighted by molar-refractivity contribution is 7.99. The normalized spacial score (nSPS) is 10.3. The molecule has 7 heteroatoms. The summed E-state index contributed by atoms with van der Waals surface area (Å²) in [4.78, 5) is 15.8. The number of nitrogen functional groups attached to an aromatic ring is 1. The molecule has 2 N–H and O–H groups in total. The number of rotatable bonds is 3. The molecule has 0 radical (unpaired) electrons. The van der Waals surface area contributed by atoms with E-state index in [1.807, 2.05) is 0 Å². The third kappa shape index (κ3) is 3.20. The van der Waals surface area contributed by atoms with Gasteiger partial charge in [0.05, 0.1) is 22.6 Å². The number of nitrogens with zero attached hydrogens (tertiary/aromatic N) is 1. The molecule has 0 fully saturated rings. The lowest BCUT2D eigenvalue weighted by Crippen LogP contribution is -2.06. The summed E-state index contributed by atoms with van der Waals surface area (Å²) in [7, 11) is 1.23. The summed E-state index contributed by atoms with van der Waals surface area (Å²) in [6.07, 6.45) is 1.46. The number of benzene rings is 1. The molecule has 1 aromatic carbocycles. The molecule has 0 atom stereocenters. The van der Waals surface area contributed by atoms with Crippen molar-refractivity contribution in [1.82, 2.24) is 4.98 Å². The zero-order chi connectivity index (χ0) is 14.7. The van der Waals surface area contributed by atoms with E-state index >= 15 is 0 Å². The minimum absolute atomic E-state index is 0.0303. The highest BCUT2D eigenvalue weighted by atomic mass is 35.5. The molecule has 1 heterocycles. The Labute approximate surface area is 124 Å². The van der Waals surface area contributed by atoms with Gasteiger partial charge in [0.25, 0.3) is 0 Å². The van der Waals surface area contributed by atoms with E-state index in [2.05, 4.69) is 9.72 Å². The van der Waals surface area contributed by atoms with Crippen LogP contribution in [0.3, 0.4) is 0 Å². The average Bonchev–Trinajstić information content (AvgIpc) is 2.43. The molecule has 0 spiro atoms. The summed E-state index contributed by atoms with van der Waals surface area (Å²) in [6, 6.07) is 5.73. The Morgan fingerprint density at radius 3 is 2.80 bits per heavy atom. The number of hydrogen-bond donors (Lipinski definition) is 1. The number of hydrogen-bond acceptors (Lipinski definition) is 5. The van der Waals surface area contributed by atoms with Crippen molar-refractivity contribution in [2.75, 3.05) is 12.8 Å². The molecule has 4 nitrogen and oxygen atoms in total. The minimum Gasteiger partial charge on any atom is -0.465 e. The Morgan fingerprint density at radius 1 is 1.45 bits per heavy atom. The summed E-state index contributed by atoms with van der Waals surface area (Å²) in [5, 5.41) is 1.04. The van der Waals surface area contributed by atoms with Crippen molar-refractivity contribution < 1.29 is 13.9 Å². The van der Waals surface area contributed by atoms with Crippen LogP contribution in [0.1, 0.15) is 10.4 Å². The Morgan fingerprint density at radius 2 is 2.20 bits per heavy atom. The molecule has 104 valence electrons. The number of anilines is 1. The first kappa shape index (κ1) is 14.6. The number of carbonyl (C=O) groups is 1. The number of methoxy groups -OCH3 is 1. The molecule has 0 aliphatic heterocycles. The van der Waals surface area contributed by atoms with Crippen LogP contribution in [0, 0.1) is 5.82 Å². The highest BCUT2D eigenvalue weighted by Crippen LogP contribution is 2.32. The van der Waals surface area contributed by atoms with Gasteiger partial charge in [0.15, 0.2) is 0 Å². The largest absolute Gasteiger partial charge is 0.465 e. The van der Waals surface area contributed by atoms with Crippen LogP contribution in [0.5, 0.6) is 0 Å². The molecule has 0 saturated carbocycles. The summed E-state index contributed by atoms with van der Waals surface area (Å²) < 4.78 is 18.5. The van der Waals surface area contributed by atoms with Crippen LogP contribution in [0.25, 0.3) is 0 Å². The Kier molecular flexibility index (Phi) is 4.46. The van der Waals surface area contributed by atoms with Crippen LogP contribution in [0.4, 0.5) is 10.1 Å². The second kappa shape index (κ2) is 6.11. The summed E-state index contributed by atoms with van der Waals surface area (Å²) >= 11 is 6.79. The predicted molar refractivity (Wildman–Crippen MR) is 75.5 cm³/mol. The van der Waals surface area contributed by atoms with Gasteiger partial charge in [-0.25, -0.2) is 14.2 Å². The van der Waals surface area contributed by atoms with E-state index in [0.29, 0.717) is 10.0 Å². The molecule has 0 saturated heterocycles. The SMILES string of the molecule is COC(=O)c1cc(Sc2ccc(Cl)cn2)c(F)cc1N. The fraction of sp³-hybridized carbons (Fsp3) is 0.0769. The Hall–Kier alpha value is -1.79. The molecule has 0 amide bonds. The summed E-state index contributed by atoms with van der Waals surface area (Å²) in [5.74, 6) is -1.15. The number of pyridine rings is 1. The molecule has 1 aromatic heterocycles. The molecular formula is C13H10ClFN2O2S. The fourth-order valence-corrected chi connectivity index (χ4v) is 2.38. The predicted octanol–water partition coefficient (Wildman–Crippen LogP) is 3.39. The van der Waals surface area contributed by atoms with Gasteiger partial charge >= 0.3 is 5.97 Å². The van der Waals surface area contributed by atoms with Crippen molar-refractivity contribution >= 4 is 35.0 Å². The van der Waals surface area contributed by atoms with E-state index in [4.69, 9.17) is 17.3 Å². The van der Waals surface area contributed by atoms with Gasteiger partial charge in [-0.2, -0.15) is 0 Å². The third-order valence-electron chi connectivity index (χ3n) is 2.42. The maximum absolute atomic E-state index is 13.9. The van der Waals surface area contributed by atoms with E-state index in [1.165, 1.54) is 19.4 Å². The zero-order valence-corrected chi connectivity index (χ0v) is 12.0. The van der Waals surface area contributed by atoms with E-state index in [1.54, 1.807) is 12.1 Å². The average molecular weight is 313 g/mol. The standard InChI is InChI=1S/C13H10ClFN2O2S/c1-19-13(18)8-4-11(9(15)5-10(8)16)20-12-3-2-7(14)6-17-12/h2-6H,16H2,1H3. The smallest absolute Gasteiger partial charge is 0.339 e. The molecule has 0 aliphatic carbocycles. The van der Waals surface area contributed by atoms with Crippen LogP contribution in [0.2, 0.25) is 5.02 Å². The van der Waals surface area contributed by atoms with Gasteiger partial charge in [-0.1, -0.05) is 23.4 Å². The number of esters is 1. The number of nitrogens with two attached hydrogens (primary N) is 1. The van der Waals surface area contributed by atoms with Crippen molar-refractivity contribution in [1.29, 1.82) is 0 Å². The quantitative estimate of drug-likeness (QED) is 0.695. The van der Waals surface area contributed by atoms with Crippen molar-refractivity contribution in [2.45, 2.75) is 9.92 Å². The maximum atomic E-state index is 13.9. The van der Waals surface area contributed by atoms with Crippen LogP contribution >= 0.6 is 23.4 Å². The second-order valence-corrected chi connectivity index (χ2v) is 5.28. The van der Waals surface area contributed by atoms with Gasteiger partial charge in [-0.3, -0.25) is 0 Å². The number of ether oxygens (including phenoxy) is 1.